The highest BCUT2D eigenvalue weighted by atomic mass is 79.9. The molecule has 0 atom stereocenters. The first kappa shape index (κ1) is 16.3. The molecule has 0 unspecified atom stereocenters. The molecule has 5 nitrogen and oxygen atoms in total. The second kappa shape index (κ2) is 7.37. The Morgan fingerprint density at radius 1 is 1.08 bits per heavy atom. The van der Waals surface area contributed by atoms with Crippen LogP contribution in [0.15, 0.2) is 53.0 Å². The number of anilines is 2. The Labute approximate surface area is 149 Å². The number of nitrogens with zero attached hydrogens (tertiary/aromatic N) is 3. The summed E-state index contributed by atoms with van der Waals surface area (Å²) in [6.07, 6.45) is 0. The minimum absolute atomic E-state index is 0.126. The van der Waals surface area contributed by atoms with E-state index in [0.29, 0.717) is 24.3 Å². The lowest BCUT2D eigenvalue weighted by Gasteiger charge is -2.36. The average molecular weight is 385 g/mol. The molecule has 2 amide bonds. The third-order valence-corrected chi connectivity index (χ3v) is 4.48. The first-order valence-electron chi connectivity index (χ1n) is 7.72. The molecule has 1 aliphatic rings. The van der Waals surface area contributed by atoms with Crippen molar-refractivity contribution >= 4 is 33.3 Å². The maximum atomic E-state index is 12.4. The number of carbonyl (C=O) groups excluding carboxylic acids is 1. The second-order valence-corrected chi connectivity index (χ2v) is 6.49. The molecule has 0 bridgehead atoms. The van der Waals surface area contributed by atoms with Gasteiger partial charge in [-0.05, 0) is 36.4 Å². The van der Waals surface area contributed by atoms with E-state index >= 15 is 0 Å². The van der Waals surface area contributed by atoms with Crippen LogP contribution in [0.3, 0.4) is 0 Å². The van der Waals surface area contributed by atoms with Crippen LogP contribution >= 0.6 is 15.9 Å². The van der Waals surface area contributed by atoms with Gasteiger partial charge in [-0.25, -0.2) is 4.79 Å². The minimum Gasteiger partial charge on any atom is -0.368 e. The molecule has 24 heavy (non-hydrogen) atoms. The van der Waals surface area contributed by atoms with Crippen molar-refractivity contribution in [3.8, 4) is 6.07 Å². The van der Waals surface area contributed by atoms with Crippen molar-refractivity contribution in [2.75, 3.05) is 36.4 Å². The zero-order valence-corrected chi connectivity index (χ0v) is 14.7. The third kappa shape index (κ3) is 3.87. The lowest BCUT2D eigenvalue weighted by atomic mass is 10.2. The van der Waals surface area contributed by atoms with Gasteiger partial charge in [0.1, 0.15) is 0 Å². The summed E-state index contributed by atoms with van der Waals surface area (Å²) in [6, 6.07) is 17.1. The molecule has 0 aromatic heterocycles. The Hall–Kier alpha value is -2.52. The molecule has 1 fully saturated rings. The van der Waals surface area contributed by atoms with Gasteiger partial charge in [0.25, 0.3) is 0 Å². The van der Waals surface area contributed by atoms with Gasteiger partial charge in [-0.3, -0.25) is 0 Å². The highest BCUT2D eigenvalue weighted by Crippen LogP contribution is 2.21. The summed E-state index contributed by atoms with van der Waals surface area (Å²) in [4.78, 5) is 16.4. The molecule has 0 aliphatic carbocycles. The summed E-state index contributed by atoms with van der Waals surface area (Å²) >= 11 is 3.49. The SMILES string of the molecule is N#Cc1cccc(NC(=O)N2CCN(c3cccc(Br)c3)CC2)c1. The zero-order valence-electron chi connectivity index (χ0n) is 13.1. The van der Waals surface area contributed by atoms with Gasteiger partial charge in [0.2, 0.25) is 0 Å². The normalized spacial score (nSPS) is 14.2. The summed E-state index contributed by atoms with van der Waals surface area (Å²) in [6.45, 7) is 2.91. The molecule has 1 heterocycles. The molecular weight excluding hydrogens is 368 g/mol. The van der Waals surface area contributed by atoms with Gasteiger partial charge in [-0.1, -0.05) is 28.1 Å². The molecule has 1 N–H and O–H groups in total. The van der Waals surface area contributed by atoms with E-state index in [4.69, 9.17) is 5.26 Å². The van der Waals surface area contributed by atoms with Gasteiger partial charge in [0, 0.05) is 42.0 Å². The Morgan fingerprint density at radius 3 is 2.54 bits per heavy atom. The van der Waals surface area contributed by atoms with Crippen LogP contribution in [0.25, 0.3) is 0 Å². The van der Waals surface area contributed by atoms with Gasteiger partial charge in [0.05, 0.1) is 11.6 Å². The lowest BCUT2D eigenvalue weighted by Crippen LogP contribution is -2.50. The number of benzene rings is 2. The van der Waals surface area contributed by atoms with E-state index in [9.17, 15) is 4.79 Å². The zero-order chi connectivity index (χ0) is 16.9. The number of nitriles is 1. The highest BCUT2D eigenvalue weighted by Gasteiger charge is 2.21. The molecule has 2 aromatic rings. The molecular formula is C18H17BrN4O. The van der Waals surface area contributed by atoms with Gasteiger partial charge in [-0.15, -0.1) is 0 Å². The molecule has 2 aromatic carbocycles. The Kier molecular flexibility index (Phi) is 5.02. The molecule has 0 saturated carbocycles. The van der Waals surface area contributed by atoms with Gasteiger partial charge in [-0.2, -0.15) is 5.26 Å². The predicted octanol–water partition coefficient (Wildman–Crippen LogP) is 3.67. The van der Waals surface area contributed by atoms with Crippen LogP contribution in [0.4, 0.5) is 16.2 Å². The maximum Gasteiger partial charge on any atom is 0.321 e. The molecule has 1 saturated heterocycles. The van der Waals surface area contributed by atoms with Crippen LogP contribution in [-0.2, 0) is 0 Å². The molecule has 0 spiro atoms. The molecule has 122 valence electrons. The van der Waals surface area contributed by atoms with Crippen LogP contribution in [0.1, 0.15) is 5.56 Å². The minimum atomic E-state index is -0.126. The number of nitrogens with one attached hydrogen (secondary N) is 1. The summed E-state index contributed by atoms with van der Waals surface area (Å²) in [5, 5.41) is 11.8. The van der Waals surface area contributed by atoms with Crippen LogP contribution in [-0.4, -0.2) is 37.1 Å². The number of carbonyl (C=O) groups is 1. The van der Waals surface area contributed by atoms with E-state index in [1.54, 1.807) is 29.2 Å². The van der Waals surface area contributed by atoms with E-state index in [0.717, 1.165) is 23.2 Å². The summed E-state index contributed by atoms with van der Waals surface area (Å²) in [5.41, 5.74) is 2.34. The van der Waals surface area contributed by atoms with Crippen molar-refractivity contribution in [1.29, 1.82) is 5.26 Å². The van der Waals surface area contributed by atoms with Gasteiger partial charge < -0.3 is 15.1 Å². The van der Waals surface area contributed by atoms with E-state index in [2.05, 4.69) is 44.3 Å². The number of urea groups is 1. The van der Waals surface area contributed by atoms with Crippen LogP contribution in [0.5, 0.6) is 0 Å². The summed E-state index contributed by atoms with van der Waals surface area (Å²) in [5.74, 6) is 0. The van der Waals surface area contributed by atoms with Crippen molar-refractivity contribution in [1.82, 2.24) is 4.90 Å². The quantitative estimate of drug-likeness (QED) is 0.858. The number of hydrogen-bond acceptors (Lipinski definition) is 3. The van der Waals surface area contributed by atoms with Crippen molar-refractivity contribution < 1.29 is 4.79 Å². The Balaban J connectivity index is 1.58. The molecule has 6 heteroatoms. The van der Waals surface area contributed by atoms with Crippen molar-refractivity contribution in [3.63, 3.8) is 0 Å². The fourth-order valence-electron chi connectivity index (χ4n) is 2.71. The number of amides is 2. The second-order valence-electron chi connectivity index (χ2n) is 5.58. The Morgan fingerprint density at radius 2 is 1.83 bits per heavy atom. The first-order valence-corrected chi connectivity index (χ1v) is 8.51. The summed E-state index contributed by atoms with van der Waals surface area (Å²) in [7, 11) is 0. The smallest absolute Gasteiger partial charge is 0.321 e. The maximum absolute atomic E-state index is 12.4. The van der Waals surface area contributed by atoms with Crippen molar-refractivity contribution in [2.24, 2.45) is 0 Å². The molecule has 3 rings (SSSR count). The number of rotatable bonds is 2. The third-order valence-electron chi connectivity index (χ3n) is 3.98. The van der Waals surface area contributed by atoms with E-state index in [1.807, 2.05) is 12.1 Å². The van der Waals surface area contributed by atoms with Gasteiger partial charge in [0.15, 0.2) is 0 Å². The number of hydrogen-bond donors (Lipinski definition) is 1. The highest BCUT2D eigenvalue weighted by molar-refractivity contribution is 9.10. The van der Waals surface area contributed by atoms with E-state index < -0.39 is 0 Å². The number of piperazine rings is 1. The molecule has 1 aliphatic heterocycles. The number of halogens is 1. The van der Waals surface area contributed by atoms with Crippen LogP contribution < -0.4 is 10.2 Å². The van der Waals surface area contributed by atoms with Crippen molar-refractivity contribution in [3.05, 3.63) is 58.6 Å². The summed E-state index contributed by atoms with van der Waals surface area (Å²) < 4.78 is 1.05. The lowest BCUT2D eigenvalue weighted by molar-refractivity contribution is 0.208. The van der Waals surface area contributed by atoms with Crippen LogP contribution in [0, 0.1) is 11.3 Å². The average Bonchev–Trinajstić information content (AvgIpc) is 2.62. The van der Waals surface area contributed by atoms with E-state index in [-0.39, 0.29) is 6.03 Å². The van der Waals surface area contributed by atoms with Gasteiger partial charge >= 0.3 is 6.03 Å². The fourth-order valence-corrected chi connectivity index (χ4v) is 3.10. The largest absolute Gasteiger partial charge is 0.368 e. The molecule has 0 radical (unpaired) electrons. The fraction of sp³-hybridized carbons (Fsp3) is 0.222. The standard InChI is InChI=1S/C18H17BrN4O/c19-15-4-2-6-17(12-15)22-7-9-23(10-8-22)18(24)21-16-5-1-3-14(11-16)13-20/h1-6,11-12H,7-10H2,(H,21,24). The van der Waals surface area contributed by atoms with E-state index in [1.165, 1.54) is 0 Å². The topological polar surface area (TPSA) is 59.4 Å². The predicted molar refractivity (Wildman–Crippen MR) is 98.1 cm³/mol. The first-order chi connectivity index (χ1) is 11.7. The van der Waals surface area contributed by atoms with Crippen molar-refractivity contribution in [2.45, 2.75) is 0 Å². The monoisotopic (exact) mass is 384 g/mol. The van der Waals surface area contributed by atoms with Crippen LogP contribution in [0.2, 0.25) is 0 Å². The Bertz CT molecular complexity index is 779.